The predicted octanol–water partition coefficient (Wildman–Crippen LogP) is 2.80. The monoisotopic (exact) mass is 295 g/mol. The number of hydrogen-bond acceptors (Lipinski definition) is 3. The van der Waals surface area contributed by atoms with Crippen LogP contribution in [-0.2, 0) is 11.2 Å². The van der Waals surface area contributed by atoms with Crippen LogP contribution in [0.3, 0.4) is 0 Å². The molecule has 2 aromatic rings. The molecule has 4 rings (SSSR count). The Labute approximate surface area is 129 Å². The fourth-order valence-electron chi connectivity index (χ4n) is 3.20. The summed E-state index contributed by atoms with van der Waals surface area (Å²) >= 11 is 0. The summed E-state index contributed by atoms with van der Waals surface area (Å²) in [4.78, 5) is 14.7. The van der Waals surface area contributed by atoms with Crippen molar-refractivity contribution >= 4 is 11.6 Å². The molecular weight excluding hydrogens is 278 g/mol. The molecule has 4 heteroatoms. The van der Waals surface area contributed by atoms with Crippen LogP contribution in [-0.4, -0.2) is 24.7 Å². The highest BCUT2D eigenvalue weighted by Crippen LogP contribution is 2.35. The lowest BCUT2D eigenvalue weighted by atomic mass is 10.1. The molecule has 112 valence electrons. The summed E-state index contributed by atoms with van der Waals surface area (Å²) in [7, 11) is 0. The van der Waals surface area contributed by atoms with Gasteiger partial charge in [0.25, 0.3) is 5.91 Å². The van der Waals surface area contributed by atoms with Crippen molar-refractivity contribution in [3.8, 4) is 11.5 Å². The molecule has 1 amide bonds. The van der Waals surface area contributed by atoms with E-state index in [1.165, 1.54) is 5.56 Å². The second-order valence-corrected chi connectivity index (χ2v) is 5.75. The standard InChI is InChI=1S/C18H17NO3/c1-12-10-13-6-2-3-7-14(13)19(12)18(20)17-11-21-15-8-4-5-9-16(15)22-17/h2-9,12,17H,10-11H2,1H3/t12-,17-/m0/s1. The van der Waals surface area contributed by atoms with Crippen molar-refractivity contribution in [3.05, 3.63) is 54.1 Å². The van der Waals surface area contributed by atoms with E-state index in [1.807, 2.05) is 47.4 Å². The molecule has 22 heavy (non-hydrogen) atoms. The molecule has 0 N–H and O–H groups in total. The molecule has 0 aromatic heterocycles. The smallest absolute Gasteiger partial charge is 0.271 e. The van der Waals surface area contributed by atoms with Gasteiger partial charge in [0.2, 0.25) is 6.10 Å². The van der Waals surface area contributed by atoms with E-state index in [9.17, 15) is 4.79 Å². The molecule has 2 heterocycles. The number of rotatable bonds is 1. The van der Waals surface area contributed by atoms with Crippen LogP contribution in [0.1, 0.15) is 12.5 Å². The maximum absolute atomic E-state index is 12.9. The largest absolute Gasteiger partial charge is 0.485 e. The fraction of sp³-hybridized carbons (Fsp3) is 0.278. The van der Waals surface area contributed by atoms with Gasteiger partial charge in [-0.05, 0) is 37.1 Å². The van der Waals surface area contributed by atoms with E-state index >= 15 is 0 Å². The van der Waals surface area contributed by atoms with Crippen molar-refractivity contribution < 1.29 is 14.3 Å². The van der Waals surface area contributed by atoms with Gasteiger partial charge in [-0.3, -0.25) is 4.79 Å². The van der Waals surface area contributed by atoms with Gasteiger partial charge < -0.3 is 14.4 Å². The Morgan fingerprint density at radius 3 is 2.68 bits per heavy atom. The van der Waals surface area contributed by atoms with E-state index in [-0.39, 0.29) is 18.6 Å². The molecular formula is C18H17NO3. The Morgan fingerprint density at radius 1 is 1.09 bits per heavy atom. The number of para-hydroxylation sites is 3. The lowest BCUT2D eigenvalue weighted by Crippen LogP contribution is -2.48. The van der Waals surface area contributed by atoms with Crippen molar-refractivity contribution in [1.82, 2.24) is 0 Å². The highest BCUT2D eigenvalue weighted by molar-refractivity contribution is 5.99. The number of carbonyl (C=O) groups excluding carboxylic acids is 1. The van der Waals surface area contributed by atoms with Crippen LogP contribution in [0.2, 0.25) is 0 Å². The Bertz CT molecular complexity index is 728. The van der Waals surface area contributed by atoms with Crippen LogP contribution >= 0.6 is 0 Å². The summed E-state index contributed by atoms with van der Waals surface area (Å²) in [6.07, 6.45) is 0.287. The summed E-state index contributed by atoms with van der Waals surface area (Å²) in [5, 5.41) is 0. The predicted molar refractivity (Wildman–Crippen MR) is 83.4 cm³/mol. The van der Waals surface area contributed by atoms with Gasteiger partial charge in [-0.2, -0.15) is 0 Å². The van der Waals surface area contributed by atoms with E-state index in [0.717, 1.165) is 12.1 Å². The maximum atomic E-state index is 12.9. The van der Waals surface area contributed by atoms with Gasteiger partial charge in [0.1, 0.15) is 6.61 Å². The molecule has 0 radical (unpaired) electrons. The number of benzene rings is 2. The topological polar surface area (TPSA) is 38.8 Å². The Kier molecular flexibility index (Phi) is 3.03. The third-order valence-corrected chi connectivity index (χ3v) is 4.23. The van der Waals surface area contributed by atoms with Crippen molar-refractivity contribution in [2.75, 3.05) is 11.5 Å². The maximum Gasteiger partial charge on any atom is 0.271 e. The average molecular weight is 295 g/mol. The number of ether oxygens (including phenoxy) is 2. The first kappa shape index (κ1) is 13.2. The molecule has 2 aromatic carbocycles. The van der Waals surface area contributed by atoms with Crippen LogP contribution in [0.5, 0.6) is 11.5 Å². The highest BCUT2D eigenvalue weighted by Gasteiger charge is 2.37. The minimum Gasteiger partial charge on any atom is -0.485 e. The summed E-state index contributed by atoms with van der Waals surface area (Å²) in [6.45, 7) is 2.32. The highest BCUT2D eigenvalue weighted by atomic mass is 16.6. The van der Waals surface area contributed by atoms with E-state index in [4.69, 9.17) is 9.47 Å². The number of hydrogen-bond donors (Lipinski definition) is 0. The van der Waals surface area contributed by atoms with Crippen molar-refractivity contribution in [2.24, 2.45) is 0 Å². The Balaban J connectivity index is 1.61. The zero-order valence-corrected chi connectivity index (χ0v) is 12.4. The summed E-state index contributed by atoms with van der Waals surface area (Å²) in [6, 6.07) is 15.6. The zero-order valence-electron chi connectivity index (χ0n) is 12.4. The Hall–Kier alpha value is -2.49. The normalized spacial score (nSPS) is 22.3. The summed E-state index contributed by atoms with van der Waals surface area (Å²) in [5.41, 5.74) is 2.20. The van der Waals surface area contributed by atoms with E-state index in [1.54, 1.807) is 0 Å². The molecule has 0 fully saturated rings. The van der Waals surface area contributed by atoms with Gasteiger partial charge in [0, 0.05) is 11.7 Å². The van der Waals surface area contributed by atoms with Crippen LogP contribution in [0.15, 0.2) is 48.5 Å². The van der Waals surface area contributed by atoms with E-state index in [0.29, 0.717) is 11.5 Å². The van der Waals surface area contributed by atoms with Crippen molar-refractivity contribution in [3.63, 3.8) is 0 Å². The number of amides is 1. The van der Waals surface area contributed by atoms with Crippen LogP contribution in [0.4, 0.5) is 5.69 Å². The molecule has 0 spiro atoms. The van der Waals surface area contributed by atoms with E-state index in [2.05, 4.69) is 13.0 Å². The molecule has 0 saturated carbocycles. The molecule has 0 bridgehead atoms. The molecule has 0 aliphatic carbocycles. The van der Waals surface area contributed by atoms with Gasteiger partial charge in [0.05, 0.1) is 0 Å². The third kappa shape index (κ3) is 2.03. The van der Waals surface area contributed by atoms with Crippen molar-refractivity contribution in [2.45, 2.75) is 25.5 Å². The number of nitrogens with zero attached hydrogens (tertiary/aromatic N) is 1. The summed E-state index contributed by atoms with van der Waals surface area (Å²) in [5.74, 6) is 1.29. The fourth-order valence-corrected chi connectivity index (χ4v) is 3.20. The molecule has 2 aliphatic heterocycles. The Morgan fingerprint density at radius 2 is 1.82 bits per heavy atom. The second-order valence-electron chi connectivity index (χ2n) is 5.75. The SMILES string of the molecule is C[C@H]1Cc2ccccc2N1C(=O)[C@@H]1COc2ccccc2O1. The van der Waals surface area contributed by atoms with Crippen LogP contribution in [0, 0.1) is 0 Å². The number of fused-ring (bicyclic) bond motifs is 2. The van der Waals surface area contributed by atoms with Gasteiger partial charge in [-0.1, -0.05) is 30.3 Å². The molecule has 0 unspecified atom stereocenters. The van der Waals surface area contributed by atoms with Gasteiger partial charge >= 0.3 is 0 Å². The van der Waals surface area contributed by atoms with Crippen LogP contribution < -0.4 is 14.4 Å². The van der Waals surface area contributed by atoms with Gasteiger partial charge in [0.15, 0.2) is 11.5 Å². The molecule has 2 atom stereocenters. The number of carbonyl (C=O) groups is 1. The third-order valence-electron chi connectivity index (χ3n) is 4.23. The van der Waals surface area contributed by atoms with Crippen molar-refractivity contribution in [1.29, 1.82) is 0 Å². The number of anilines is 1. The van der Waals surface area contributed by atoms with Gasteiger partial charge in [-0.15, -0.1) is 0 Å². The first-order chi connectivity index (χ1) is 10.7. The minimum absolute atomic E-state index is 0.0352. The first-order valence-corrected chi connectivity index (χ1v) is 7.53. The first-order valence-electron chi connectivity index (χ1n) is 7.53. The lowest BCUT2D eigenvalue weighted by Gasteiger charge is -2.31. The second kappa shape index (κ2) is 5.05. The van der Waals surface area contributed by atoms with Crippen LogP contribution in [0.25, 0.3) is 0 Å². The minimum atomic E-state index is -0.594. The van der Waals surface area contributed by atoms with E-state index < -0.39 is 6.10 Å². The summed E-state index contributed by atoms with van der Waals surface area (Å²) < 4.78 is 11.5. The molecule has 4 nitrogen and oxygen atoms in total. The van der Waals surface area contributed by atoms with Gasteiger partial charge in [-0.25, -0.2) is 0 Å². The quantitative estimate of drug-likeness (QED) is 0.812. The lowest BCUT2D eigenvalue weighted by molar-refractivity contribution is -0.127. The molecule has 0 saturated heterocycles. The molecule has 2 aliphatic rings. The average Bonchev–Trinajstić information content (AvgIpc) is 2.89. The zero-order chi connectivity index (χ0) is 15.1.